The summed E-state index contributed by atoms with van der Waals surface area (Å²) in [6, 6.07) is 8.08. The summed E-state index contributed by atoms with van der Waals surface area (Å²) < 4.78 is 0. The maximum Gasteiger partial charge on any atom is 0.0437 e. The van der Waals surface area contributed by atoms with Gasteiger partial charge in [0.15, 0.2) is 0 Å². The molecule has 0 saturated carbocycles. The molecule has 1 aromatic carbocycles. The molecule has 0 fully saturated rings. The smallest absolute Gasteiger partial charge is 0.0437 e. The lowest BCUT2D eigenvalue weighted by molar-refractivity contribution is 0.378. The van der Waals surface area contributed by atoms with Crippen molar-refractivity contribution in [3.8, 4) is 0 Å². The lowest BCUT2D eigenvalue weighted by atomic mass is 9.89. The summed E-state index contributed by atoms with van der Waals surface area (Å²) in [6.45, 7) is 6.76. The third-order valence-corrected chi connectivity index (χ3v) is 2.47. The van der Waals surface area contributed by atoms with Gasteiger partial charge in [0, 0.05) is 5.02 Å². The van der Waals surface area contributed by atoms with Crippen LogP contribution in [-0.2, 0) is 6.42 Å². The molecule has 0 atom stereocenters. The normalized spacial score (nSPS) is 11.7. The van der Waals surface area contributed by atoms with Crippen molar-refractivity contribution in [1.29, 1.82) is 0 Å². The van der Waals surface area contributed by atoms with E-state index in [-0.39, 0.29) is 0 Å². The molecule has 0 N–H and O–H groups in total. The average Bonchev–Trinajstić information content (AvgIpc) is 2.01. The van der Waals surface area contributed by atoms with E-state index in [0.29, 0.717) is 5.41 Å². The molecule has 0 aliphatic rings. The molecule has 1 heteroatoms. The molecule has 0 spiro atoms. The van der Waals surface area contributed by atoms with E-state index >= 15 is 0 Å². The summed E-state index contributed by atoms with van der Waals surface area (Å²) in [5.74, 6) is 0. The van der Waals surface area contributed by atoms with Crippen molar-refractivity contribution in [2.75, 3.05) is 0 Å². The summed E-state index contributed by atoms with van der Waals surface area (Å²) in [5, 5.41) is 0.895. The Balaban J connectivity index is 2.60. The molecule has 72 valence electrons. The zero-order chi connectivity index (χ0) is 9.90. The van der Waals surface area contributed by atoms with E-state index in [4.69, 9.17) is 11.6 Å². The highest BCUT2D eigenvalue weighted by Crippen LogP contribution is 2.24. The molecular formula is C12H17Cl. The van der Waals surface area contributed by atoms with E-state index < -0.39 is 0 Å². The van der Waals surface area contributed by atoms with Crippen LogP contribution in [0, 0.1) is 5.41 Å². The minimum atomic E-state index is 0.388. The van der Waals surface area contributed by atoms with Gasteiger partial charge in [-0.3, -0.25) is 0 Å². The summed E-state index contributed by atoms with van der Waals surface area (Å²) in [6.07, 6.45) is 2.25. The van der Waals surface area contributed by atoms with Crippen LogP contribution in [0.5, 0.6) is 0 Å². The third-order valence-electron chi connectivity index (χ3n) is 2.10. The van der Waals surface area contributed by atoms with Crippen LogP contribution in [0.2, 0.25) is 5.02 Å². The Bertz CT molecular complexity index is 271. The molecular weight excluding hydrogens is 180 g/mol. The first-order chi connectivity index (χ1) is 5.99. The van der Waals surface area contributed by atoms with Crippen molar-refractivity contribution in [2.45, 2.75) is 33.6 Å². The zero-order valence-electron chi connectivity index (χ0n) is 8.60. The second-order valence-electron chi connectivity index (χ2n) is 4.65. The van der Waals surface area contributed by atoms with E-state index in [2.05, 4.69) is 26.8 Å². The van der Waals surface area contributed by atoms with Crippen molar-refractivity contribution < 1.29 is 0 Å². The van der Waals surface area contributed by atoms with Gasteiger partial charge in [0.1, 0.15) is 0 Å². The van der Waals surface area contributed by atoms with Gasteiger partial charge in [-0.1, -0.05) is 50.6 Å². The van der Waals surface area contributed by atoms with Gasteiger partial charge in [-0.05, 0) is 29.9 Å². The molecule has 0 aliphatic heterocycles. The Morgan fingerprint density at radius 1 is 1.15 bits per heavy atom. The maximum absolute atomic E-state index is 6.05. The average molecular weight is 197 g/mol. The number of hydrogen-bond acceptors (Lipinski definition) is 0. The van der Waals surface area contributed by atoms with Gasteiger partial charge in [-0.25, -0.2) is 0 Å². The molecule has 0 saturated heterocycles. The Hall–Kier alpha value is -0.490. The van der Waals surface area contributed by atoms with Gasteiger partial charge in [-0.2, -0.15) is 0 Å². The molecule has 0 aliphatic carbocycles. The molecule has 1 aromatic rings. The second-order valence-corrected chi connectivity index (χ2v) is 5.06. The standard InChI is InChI=1S/C12H17Cl/c1-12(2,3)9-8-10-6-4-5-7-11(10)13/h4-7H,8-9H2,1-3H3. The minimum absolute atomic E-state index is 0.388. The maximum atomic E-state index is 6.05. The zero-order valence-corrected chi connectivity index (χ0v) is 9.36. The molecule has 0 nitrogen and oxygen atoms in total. The largest absolute Gasteiger partial charge is 0.0840 e. The molecule has 0 amide bonds. The Morgan fingerprint density at radius 2 is 1.77 bits per heavy atom. The highest BCUT2D eigenvalue weighted by atomic mass is 35.5. The van der Waals surface area contributed by atoms with Crippen molar-refractivity contribution in [2.24, 2.45) is 5.41 Å². The SMILES string of the molecule is CC(C)(C)CCc1ccccc1Cl. The predicted octanol–water partition coefficient (Wildman–Crippen LogP) is 4.32. The lowest BCUT2D eigenvalue weighted by Crippen LogP contribution is -2.06. The summed E-state index contributed by atoms with van der Waals surface area (Å²) in [5.41, 5.74) is 1.65. The Morgan fingerprint density at radius 3 is 2.31 bits per heavy atom. The number of hydrogen-bond donors (Lipinski definition) is 0. The molecule has 13 heavy (non-hydrogen) atoms. The molecule has 0 heterocycles. The van der Waals surface area contributed by atoms with Crippen LogP contribution in [0.25, 0.3) is 0 Å². The van der Waals surface area contributed by atoms with Gasteiger partial charge in [-0.15, -0.1) is 0 Å². The van der Waals surface area contributed by atoms with Crippen molar-refractivity contribution in [3.05, 3.63) is 34.9 Å². The summed E-state index contributed by atoms with van der Waals surface area (Å²) in [7, 11) is 0. The number of aryl methyl sites for hydroxylation is 1. The van der Waals surface area contributed by atoms with Gasteiger partial charge in [0.25, 0.3) is 0 Å². The second kappa shape index (κ2) is 4.15. The van der Waals surface area contributed by atoms with E-state index in [1.165, 1.54) is 12.0 Å². The molecule has 1 rings (SSSR count). The number of halogens is 1. The van der Waals surface area contributed by atoms with Crippen molar-refractivity contribution in [1.82, 2.24) is 0 Å². The highest BCUT2D eigenvalue weighted by molar-refractivity contribution is 6.31. The minimum Gasteiger partial charge on any atom is -0.0840 e. The van der Waals surface area contributed by atoms with Gasteiger partial charge < -0.3 is 0 Å². The van der Waals surface area contributed by atoms with Gasteiger partial charge in [0.2, 0.25) is 0 Å². The molecule has 0 unspecified atom stereocenters. The van der Waals surface area contributed by atoms with Crippen LogP contribution in [0.3, 0.4) is 0 Å². The van der Waals surface area contributed by atoms with Gasteiger partial charge >= 0.3 is 0 Å². The van der Waals surface area contributed by atoms with Crippen LogP contribution in [0.15, 0.2) is 24.3 Å². The fourth-order valence-corrected chi connectivity index (χ4v) is 1.44. The molecule has 0 radical (unpaired) electrons. The summed E-state index contributed by atoms with van der Waals surface area (Å²) >= 11 is 6.05. The van der Waals surface area contributed by atoms with E-state index in [9.17, 15) is 0 Å². The highest BCUT2D eigenvalue weighted by Gasteiger charge is 2.10. The molecule has 0 bridgehead atoms. The van der Waals surface area contributed by atoms with Crippen LogP contribution in [0.1, 0.15) is 32.8 Å². The van der Waals surface area contributed by atoms with E-state index in [0.717, 1.165) is 11.4 Å². The number of benzene rings is 1. The quantitative estimate of drug-likeness (QED) is 0.661. The third kappa shape index (κ3) is 3.82. The van der Waals surface area contributed by atoms with Crippen LogP contribution >= 0.6 is 11.6 Å². The Labute approximate surface area is 85.9 Å². The van der Waals surface area contributed by atoms with E-state index in [1.807, 2.05) is 18.2 Å². The lowest BCUT2D eigenvalue weighted by Gasteiger charge is -2.18. The monoisotopic (exact) mass is 196 g/mol. The first kappa shape index (κ1) is 10.6. The van der Waals surface area contributed by atoms with Crippen LogP contribution in [-0.4, -0.2) is 0 Å². The topological polar surface area (TPSA) is 0 Å². The fourth-order valence-electron chi connectivity index (χ4n) is 1.21. The van der Waals surface area contributed by atoms with Crippen LogP contribution < -0.4 is 0 Å². The van der Waals surface area contributed by atoms with E-state index in [1.54, 1.807) is 0 Å². The first-order valence-corrected chi connectivity index (χ1v) is 5.10. The molecule has 0 aromatic heterocycles. The number of rotatable bonds is 2. The predicted molar refractivity (Wildman–Crippen MR) is 59.2 cm³/mol. The summed E-state index contributed by atoms with van der Waals surface area (Å²) in [4.78, 5) is 0. The van der Waals surface area contributed by atoms with Gasteiger partial charge in [0.05, 0.1) is 0 Å². The van der Waals surface area contributed by atoms with Crippen molar-refractivity contribution in [3.63, 3.8) is 0 Å². The Kier molecular flexibility index (Phi) is 3.38. The fraction of sp³-hybridized carbons (Fsp3) is 0.500. The first-order valence-electron chi connectivity index (χ1n) is 4.72. The van der Waals surface area contributed by atoms with Crippen molar-refractivity contribution >= 4 is 11.6 Å². The van der Waals surface area contributed by atoms with Crippen LogP contribution in [0.4, 0.5) is 0 Å².